The third-order valence-corrected chi connectivity index (χ3v) is 6.12. The van der Waals surface area contributed by atoms with Crippen molar-refractivity contribution in [2.45, 2.75) is 13.5 Å². The van der Waals surface area contributed by atoms with Crippen LogP contribution < -0.4 is 20.1 Å². The molecule has 4 aromatic rings. The van der Waals surface area contributed by atoms with Gasteiger partial charge in [-0.15, -0.1) is 0 Å². The Morgan fingerprint density at radius 2 is 1.90 bits per heavy atom. The Kier molecular flexibility index (Phi) is 9.57. The van der Waals surface area contributed by atoms with E-state index in [-0.39, 0.29) is 5.91 Å². The van der Waals surface area contributed by atoms with Crippen LogP contribution in [0.25, 0.3) is 10.9 Å². The normalized spacial score (nSPS) is 11.0. The molecule has 1 aromatic heterocycles. The molecule has 0 unspecified atom stereocenters. The second kappa shape index (κ2) is 13.5. The molecule has 4 rings (SSSR count). The molecule has 9 heteroatoms. The van der Waals surface area contributed by atoms with Gasteiger partial charge in [-0.3, -0.25) is 9.78 Å². The Morgan fingerprint density at radius 1 is 1.10 bits per heavy atom. The van der Waals surface area contributed by atoms with E-state index in [0.717, 1.165) is 5.56 Å². The highest BCUT2D eigenvalue weighted by Gasteiger charge is 2.16. The number of ether oxygens (including phenoxy) is 2. The first-order chi connectivity index (χ1) is 19.4. The molecule has 0 aliphatic heterocycles. The topological polar surface area (TPSA) is 99.5 Å². The Bertz CT molecular complexity index is 1570. The van der Waals surface area contributed by atoms with E-state index < -0.39 is 0 Å². The lowest BCUT2D eigenvalue weighted by molar-refractivity contribution is -0.111. The first-order valence-corrected chi connectivity index (χ1v) is 13.1. The molecule has 204 valence electrons. The average Bonchev–Trinajstić information content (AvgIpc) is 2.94. The summed E-state index contributed by atoms with van der Waals surface area (Å²) in [6.45, 7) is 3.29. The lowest BCUT2D eigenvalue weighted by Crippen LogP contribution is -2.13. The van der Waals surface area contributed by atoms with Crippen LogP contribution in [0.1, 0.15) is 18.1 Å². The van der Waals surface area contributed by atoms with E-state index in [4.69, 9.17) is 21.1 Å². The summed E-state index contributed by atoms with van der Waals surface area (Å²) in [5.74, 6) is 0.735. The van der Waals surface area contributed by atoms with E-state index in [9.17, 15) is 10.1 Å². The van der Waals surface area contributed by atoms with Crippen LogP contribution in [-0.4, -0.2) is 43.0 Å². The molecular weight excluding hydrogens is 526 g/mol. The maximum absolute atomic E-state index is 12.6. The summed E-state index contributed by atoms with van der Waals surface area (Å²) in [4.78, 5) is 19.0. The number of likely N-dealkylation sites (N-methyl/N-ethyl adjacent to an activating group) is 1. The molecule has 0 aliphatic rings. The van der Waals surface area contributed by atoms with Crippen LogP contribution in [0, 0.1) is 11.3 Å². The van der Waals surface area contributed by atoms with Gasteiger partial charge < -0.3 is 25.0 Å². The highest BCUT2D eigenvalue weighted by Crippen LogP contribution is 2.37. The monoisotopic (exact) mass is 555 g/mol. The van der Waals surface area contributed by atoms with Crippen molar-refractivity contribution in [3.05, 3.63) is 95.2 Å². The van der Waals surface area contributed by atoms with Crippen molar-refractivity contribution in [2.24, 2.45) is 0 Å². The molecule has 0 radical (unpaired) electrons. The van der Waals surface area contributed by atoms with Crippen LogP contribution in [0.15, 0.2) is 79.0 Å². The number of hydrogen-bond donors (Lipinski definition) is 2. The third kappa shape index (κ3) is 7.29. The summed E-state index contributed by atoms with van der Waals surface area (Å²) in [6, 6.07) is 20.9. The molecule has 0 bridgehead atoms. The van der Waals surface area contributed by atoms with Gasteiger partial charge >= 0.3 is 0 Å². The number of amides is 1. The minimum absolute atomic E-state index is 0.293. The molecule has 8 nitrogen and oxygen atoms in total. The number of aromatic nitrogens is 1. The van der Waals surface area contributed by atoms with E-state index in [0.29, 0.717) is 69.8 Å². The minimum atomic E-state index is -0.293. The number of carbonyl (C=O) groups is 1. The molecule has 0 aliphatic carbocycles. The molecule has 2 N–H and O–H groups in total. The molecule has 1 amide bonds. The van der Waals surface area contributed by atoms with Gasteiger partial charge in [-0.1, -0.05) is 48.0 Å². The van der Waals surface area contributed by atoms with Crippen LogP contribution in [0.5, 0.6) is 11.5 Å². The maximum atomic E-state index is 12.6. The number of pyridine rings is 1. The van der Waals surface area contributed by atoms with Gasteiger partial charge in [0.2, 0.25) is 5.91 Å². The van der Waals surface area contributed by atoms with Crippen molar-refractivity contribution in [3.63, 3.8) is 0 Å². The summed E-state index contributed by atoms with van der Waals surface area (Å²) < 4.78 is 11.7. The van der Waals surface area contributed by atoms with Crippen molar-refractivity contribution in [3.8, 4) is 17.6 Å². The van der Waals surface area contributed by atoms with Gasteiger partial charge in [0.25, 0.3) is 0 Å². The number of carbonyl (C=O) groups excluding carboxylic acids is 1. The van der Waals surface area contributed by atoms with Crippen LogP contribution in [0.4, 0.5) is 17.1 Å². The van der Waals surface area contributed by atoms with Gasteiger partial charge in [-0.25, -0.2) is 0 Å². The van der Waals surface area contributed by atoms with Gasteiger partial charge in [-0.05, 0) is 50.8 Å². The summed E-state index contributed by atoms with van der Waals surface area (Å²) in [6.07, 6.45) is 4.75. The zero-order chi connectivity index (χ0) is 28.5. The van der Waals surface area contributed by atoms with Crippen molar-refractivity contribution < 1.29 is 14.3 Å². The molecule has 0 saturated carbocycles. The zero-order valence-electron chi connectivity index (χ0n) is 22.6. The Morgan fingerprint density at radius 3 is 2.60 bits per heavy atom. The third-order valence-electron chi connectivity index (χ3n) is 5.83. The largest absolute Gasteiger partial charge is 0.492 e. The van der Waals surface area contributed by atoms with Gasteiger partial charge in [0.1, 0.15) is 24.2 Å². The Balaban J connectivity index is 1.64. The van der Waals surface area contributed by atoms with Crippen LogP contribution in [0.3, 0.4) is 0 Å². The van der Waals surface area contributed by atoms with E-state index in [1.54, 1.807) is 30.3 Å². The predicted octanol–water partition coefficient (Wildman–Crippen LogP) is 6.54. The number of nitrogens with zero attached hydrogens (tertiary/aromatic N) is 3. The molecule has 0 atom stereocenters. The number of fused-ring (bicyclic) bond motifs is 1. The lowest BCUT2D eigenvalue weighted by atomic mass is 10.1. The smallest absolute Gasteiger partial charge is 0.248 e. The van der Waals surface area contributed by atoms with Crippen LogP contribution in [-0.2, 0) is 11.4 Å². The molecule has 1 heterocycles. The van der Waals surface area contributed by atoms with Gasteiger partial charge in [-0.2, -0.15) is 5.26 Å². The van der Waals surface area contributed by atoms with Crippen LogP contribution >= 0.6 is 11.6 Å². The molecule has 0 spiro atoms. The van der Waals surface area contributed by atoms with E-state index in [1.807, 2.05) is 62.3 Å². The summed E-state index contributed by atoms with van der Waals surface area (Å²) in [7, 11) is 3.84. The fourth-order valence-corrected chi connectivity index (χ4v) is 4.17. The van der Waals surface area contributed by atoms with Gasteiger partial charge in [0.05, 0.1) is 34.1 Å². The first-order valence-electron chi connectivity index (χ1n) is 12.7. The van der Waals surface area contributed by atoms with Crippen LogP contribution in [0.2, 0.25) is 5.02 Å². The number of rotatable bonds is 11. The average molecular weight is 556 g/mol. The van der Waals surface area contributed by atoms with E-state index >= 15 is 0 Å². The second-order valence-electron chi connectivity index (χ2n) is 9.16. The van der Waals surface area contributed by atoms with Gasteiger partial charge in [0, 0.05) is 36.0 Å². The van der Waals surface area contributed by atoms with E-state index in [2.05, 4.69) is 21.7 Å². The van der Waals surface area contributed by atoms with Crippen molar-refractivity contribution in [1.82, 2.24) is 9.88 Å². The molecule has 3 aromatic carbocycles. The number of halogens is 1. The Hall–Kier alpha value is -4.58. The second-order valence-corrected chi connectivity index (χ2v) is 9.56. The maximum Gasteiger partial charge on any atom is 0.248 e. The predicted molar refractivity (Wildman–Crippen MR) is 159 cm³/mol. The summed E-state index contributed by atoms with van der Waals surface area (Å²) in [5, 5.41) is 17.1. The first kappa shape index (κ1) is 28.4. The van der Waals surface area contributed by atoms with E-state index in [1.165, 1.54) is 12.3 Å². The number of nitrogens with one attached hydrogen (secondary N) is 2. The summed E-state index contributed by atoms with van der Waals surface area (Å²) >= 11 is 6.54. The zero-order valence-corrected chi connectivity index (χ0v) is 23.3. The SMILES string of the molecule is CCOc1cc2ncc(C#N)c(Nc3ccc(OCc4ccccc4)c(Cl)c3)c2cc1NC(=O)C=CCN(C)C. The van der Waals surface area contributed by atoms with Crippen molar-refractivity contribution in [2.75, 3.05) is 37.9 Å². The fraction of sp³-hybridized carbons (Fsp3) is 0.194. The highest BCUT2D eigenvalue weighted by atomic mass is 35.5. The van der Waals surface area contributed by atoms with Gasteiger partial charge in [0.15, 0.2) is 0 Å². The quantitative estimate of drug-likeness (QED) is 0.203. The number of nitriles is 1. The number of hydrogen-bond acceptors (Lipinski definition) is 7. The fourth-order valence-electron chi connectivity index (χ4n) is 3.93. The van der Waals surface area contributed by atoms with Crippen molar-refractivity contribution >= 4 is 45.5 Å². The Labute approximate surface area is 238 Å². The molecule has 40 heavy (non-hydrogen) atoms. The van der Waals surface area contributed by atoms with Crippen molar-refractivity contribution in [1.29, 1.82) is 5.26 Å². The number of anilines is 3. The standard InChI is InChI=1S/C31H30ClN5O3/c1-4-39-29-17-26-24(16-27(29)36-30(38)11-8-14-37(2)3)31(22(18-33)19-34-26)35-23-12-13-28(25(32)15-23)40-20-21-9-6-5-7-10-21/h5-13,15-17,19H,4,14,20H2,1-3H3,(H,34,35)(H,36,38). The number of benzene rings is 3. The molecular formula is C31H30ClN5O3. The highest BCUT2D eigenvalue weighted by molar-refractivity contribution is 6.32. The summed E-state index contributed by atoms with van der Waals surface area (Å²) in [5.41, 5.74) is 3.62. The molecule has 0 fully saturated rings. The molecule has 0 saturated heterocycles. The minimum Gasteiger partial charge on any atom is -0.492 e. The lowest BCUT2D eigenvalue weighted by Gasteiger charge is -2.16.